The van der Waals surface area contributed by atoms with Crippen molar-refractivity contribution in [3.8, 4) is 6.07 Å². The van der Waals surface area contributed by atoms with Gasteiger partial charge in [-0.25, -0.2) is 0 Å². The summed E-state index contributed by atoms with van der Waals surface area (Å²) in [5.74, 6) is 1.65. The van der Waals surface area contributed by atoms with Crippen LogP contribution in [0.25, 0.3) is 0 Å². The van der Waals surface area contributed by atoms with Gasteiger partial charge in [0.1, 0.15) is 0 Å². The first-order chi connectivity index (χ1) is 20.2. The van der Waals surface area contributed by atoms with Crippen LogP contribution in [0, 0.1) is 40.9 Å². The van der Waals surface area contributed by atoms with Gasteiger partial charge in [0.15, 0.2) is 0 Å². The molecule has 238 valence electrons. The van der Waals surface area contributed by atoms with E-state index in [1.54, 1.807) is 6.08 Å². The number of ether oxygens (including phenoxy) is 2. The van der Waals surface area contributed by atoms with Gasteiger partial charge in [-0.05, 0) is 89.8 Å². The molecule has 12 atom stereocenters. The van der Waals surface area contributed by atoms with E-state index < -0.39 is 0 Å². The Morgan fingerprint density at radius 2 is 1.83 bits per heavy atom. The highest BCUT2D eigenvalue weighted by Crippen LogP contribution is 2.38. The lowest BCUT2D eigenvalue weighted by Crippen LogP contribution is -2.66. The molecule has 0 radical (unpaired) electrons. The maximum absolute atomic E-state index is 12.8. The van der Waals surface area contributed by atoms with E-state index in [-0.39, 0.29) is 48.1 Å². The molecule has 4 N–H and O–H groups in total. The molecule has 0 spiro atoms. The van der Waals surface area contributed by atoms with E-state index in [0.29, 0.717) is 43.0 Å². The first-order valence-electron chi connectivity index (χ1n) is 16.7. The van der Waals surface area contributed by atoms with Crippen molar-refractivity contribution in [1.82, 2.24) is 26.2 Å². The second-order valence-corrected chi connectivity index (χ2v) is 13.9. The summed E-state index contributed by atoms with van der Waals surface area (Å²) in [6, 6.07) is 3.68. The molecule has 0 bridgehead atoms. The van der Waals surface area contributed by atoms with Crippen molar-refractivity contribution >= 4 is 5.91 Å². The molecule has 2 saturated carbocycles. The number of carbonyl (C=O) groups excluding carboxylic acids is 1. The van der Waals surface area contributed by atoms with E-state index in [4.69, 9.17) is 9.47 Å². The summed E-state index contributed by atoms with van der Waals surface area (Å²) < 4.78 is 12.7. The number of nitrogens with one attached hydrogen (secondary N) is 4. The van der Waals surface area contributed by atoms with Gasteiger partial charge in [0.25, 0.3) is 0 Å². The van der Waals surface area contributed by atoms with Crippen molar-refractivity contribution in [3.05, 3.63) is 12.2 Å². The van der Waals surface area contributed by atoms with Crippen molar-refractivity contribution in [1.29, 1.82) is 5.26 Å². The quantitative estimate of drug-likeness (QED) is 0.274. The van der Waals surface area contributed by atoms with Crippen LogP contribution in [0.4, 0.5) is 0 Å². The van der Waals surface area contributed by atoms with E-state index in [1.165, 1.54) is 12.8 Å². The van der Waals surface area contributed by atoms with Crippen molar-refractivity contribution in [3.63, 3.8) is 0 Å². The predicted molar refractivity (Wildman–Crippen MR) is 167 cm³/mol. The van der Waals surface area contributed by atoms with Crippen LogP contribution in [0.2, 0.25) is 0 Å². The summed E-state index contributed by atoms with van der Waals surface area (Å²) in [4.78, 5) is 14.9. The van der Waals surface area contributed by atoms with Crippen molar-refractivity contribution < 1.29 is 14.3 Å². The number of nitriles is 1. The number of likely N-dealkylation sites (N-methyl/N-ethyl adjacent to an activating group) is 1. The Bertz CT molecular complexity index is 924. The summed E-state index contributed by atoms with van der Waals surface area (Å²) in [6.45, 7) is 13.0. The number of carbonyl (C=O) groups is 1. The lowest BCUT2D eigenvalue weighted by atomic mass is 9.69. The molecule has 4 fully saturated rings. The van der Waals surface area contributed by atoms with Crippen molar-refractivity contribution in [2.24, 2.45) is 29.6 Å². The van der Waals surface area contributed by atoms with Crippen LogP contribution in [0.15, 0.2) is 12.2 Å². The highest BCUT2D eigenvalue weighted by Gasteiger charge is 2.48. The standard InChI is InChI=1S/C33H58N6O3/c1-7-41-31-17-27-25(16-28(31)37-32(40)11-9-13-39(5)6)33(24(18-34)19-36-27)38-26-14-23(4)30(15-22(26)3)42-20-29-21(2)10-8-12-35-29/h9,11,21-31,33,35-36,38H,7-8,10,12-17,19-20H2,1-6H3,(H,37,40)/b11-9+. The van der Waals surface area contributed by atoms with Gasteiger partial charge in [0, 0.05) is 49.9 Å². The zero-order chi connectivity index (χ0) is 30.2. The molecule has 0 aromatic carbocycles. The first kappa shape index (κ1) is 33.4. The number of fused-ring (bicyclic) bond motifs is 1. The molecule has 0 aromatic heterocycles. The summed E-state index contributed by atoms with van der Waals surface area (Å²) in [6.07, 6.45) is 10.0. The van der Waals surface area contributed by atoms with E-state index in [9.17, 15) is 10.1 Å². The molecule has 9 heteroatoms. The zero-order valence-corrected chi connectivity index (χ0v) is 27.0. The van der Waals surface area contributed by atoms with Gasteiger partial charge in [0.2, 0.25) is 5.91 Å². The maximum Gasteiger partial charge on any atom is 0.244 e. The molecule has 12 unspecified atom stereocenters. The van der Waals surface area contributed by atoms with Crippen LogP contribution >= 0.6 is 0 Å². The molecule has 4 rings (SSSR count). The second-order valence-electron chi connectivity index (χ2n) is 13.9. The smallest absolute Gasteiger partial charge is 0.244 e. The second kappa shape index (κ2) is 16.0. The van der Waals surface area contributed by atoms with Crippen LogP contribution < -0.4 is 21.3 Å². The molecular formula is C33H58N6O3. The van der Waals surface area contributed by atoms with Crippen LogP contribution in [0.3, 0.4) is 0 Å². The molecular weight excluding hydrogens is 528 g/mol. The molecule has 2 aliphatic heterocycles. The zero-order valence-electron chi connectivity index (χ0n) is 27.0. The minimum Gasteiger partial charge on any atom is -0.376 e. The van der Waals surface area contributed by atoms with Gasteiger partial charge < -0.3 is 35.6 Å². The largest absolute Gasteiger partial charge is 0.376 e. The van der Waals surface area contributed by atoms with Gasteiger partial charge in [-0.15, -0.1) is 0 Å². The van der Waals surface area contributed by atoms with E-state index in [0.717, 1.165) is 45.4 Å². The highest BCUT2D eigenvalue weighted by atomic mass is 16.5. The number of piperidine rings is 2. The third-order valence-corrected chi connectivity index (χ3v) is 10.5. The lowest BCUT2D eigenvalue weighted by Gasteiger charge is -2.51. The number of amides is 1. The first-order valence-corrected chi connectivity index (χ1v) is 16.7. The average Bonchev–Trinajstić information content (AvgIpc) is 2.95. The van der Waals surface area contributed by atoms with Gasteiger partial charge in [-0.3, -0.25) is 4.79 Å². The van der Waals surface area contributed by atoms with Crippen molar-refractivity contribution in [2.45, 2.75) is 109 Å². The Morgan fingerprint density at radius 1 is 1.02 bits per heavy atom. The van der Waals surface area contributed by atoms with Crippen molar-refractivity contribution in [2.75, 3.05) is 46.9 Å². The minimum absolute atomic E-state index is 0.0397. The van der Waals surface area contributed by atoms with Gasteiger partial charge in [-0.1, -0.05) is 26.8 Å². The Hall–Kier alpha value is -1.54. The van der Waals surface area contributed by atoms with Crippen LogP contribution in [-0.4, -0.2) is 100 Å². The third-order valence-electron chi connectivity index (χ3n) is 10.5. The molecule has 2 heterocycles. The fraction of sp³-hybridized carbons (Fsp3) is 0.879. The number of rotatable bonds is 11. The summed E-state index contributed by atoms with van der Waals surface area (Å²) >= 11 is 0. The maximum atomic E-state index is 12.8. The van der Waals surface area contributed by atoms with Crippen LogP contribution in [0.1, 0.15) is 66.2 Å². The molecule has 4 aliphatic rings. The van der Waals surface area contributed by atoms with E-state index >= 15 is 0 Å². The summed E-state index contributed by atoms with van der Waals surface area (Å²) in [5, 5.41) is 24.8. The fourth-order valence-electron chi connectivity index (χ4n) is 7.87. The number of hydrogen-bond acceptors (Lipinski definition) is 8. The van der Waals surface area contributed by atoms with Gasteiger partial charge >= 0.3 is 0 Å². The Morgan fingerprint density at radius 3 is 2.55 bits per heavy atom. The Labute approximate surface area is 254 Å². The Kier molecular flexibility index (Phi) is 12.7. The number of nitrogens with zero attached hydrogens (tertiary/aromatic N) is 2. The lowest BCUT2D eigenvalue weighted by molar-refractivity contribution is -0.120. The van der Waals surface area contributed by atoms with Gasteiger partial charge in [0.05, 0.1) is 36.8 Å². The summed E-state index contributed by atoms with van der Waals surface area (Å²) in [7, 11) is 3.97. The van der Waals surface area contributed by atoms with Gasteiger partial charge in [-0.2, -0.15) is 5.26 Å². The molecule has 2 saturated heterocycles. The van der Waals surface area contributed by atoms with E-state index in [1.807, 2.05) is 32.0 Å². The van der Waals surface area contributed by atoms with Crippen LogP contribution in [0.5, 0.6) is 0 Å². The Balaban J connectivity index is 1.39. The highest BCUT2D eigenvalue weighted by molar-refractivity contribution is 5.87. The average molecular weight is 587 g/mol. The monoisotopic (exact) mass is 586 g/mol. The molecule has 0 aromatic rings. The molecule has 9 nitrogen and oxygen atoms in total. The molecule has 1 amide bonds. The van der Waals surface area contributed by atoms with Crippen LogP contribution in [-0.2, 0) is 14.3 Å². The molecule has 2 aliphatic carbocycles. The fourth-order valence-corrected chi connectivity index (χ4v) is 7.87. The minimum atomic E-state index is -0.110. The normalized spacial score (nSPS) is 40.9. The van der Waals surface area contributed by atoms with E-state index in [2.05, 4.69) is 48.1 Å². The topological polar surface area (TPSA) is 111 Å². The number of hydrogen-bond donors (Lipinski definition) is 4. The predicted octanol–water partition coefficient (Wildman–Crippen LogP) is 2.68. The molecule has 42 heavy (non-hydrogen) atoms. The third kappa shape index (κ3) is 8.77. The summed E-state index contributed by atoms with van der Waals surface area (Å²) in [5.41, 5.74) is 0. The SMILES string of the molecule is CCOC1CC2NCC(C#N)C(NC3CC(C)C(OCC4NCCCC4C)CC3C)C2CC1NC(=O)/C=C/CN(C)C.